The summed E-state index contributed by atoms with van der Waals surface area (Å²) in [6.45, 7) is 7.86. The normalized spacial score (nSPS) is 28.7. The topological polar surface area (TPSA) is 52.7 Å². The van der Waals surface area contributed by atoms with Crippen LogP contribution in [0, 0.1) is 0 Å². The van der Waals surface area contributed by atoms with E-state index in [1.165, 1.54) is 0 Å². The summed E-state index contributed by atoms with van der Waals surface area (Å²) in [6, 6.07) is 7.45. The molecule has 2 bridgehead atoms. The maximum atomic E-state index is 12.3. The van der Waals surface area contributed by atoms with Crippen molar-refractivity contribution < 1.29 is 8.42 Å². The van der Waals surface area contributed by atoms with E-state index in [2.05, 4.69) is 21.4 Å². The van der Waals surface area contributed by atoms with E-state index >= 15 is 0 Å². The number of benzene rings is 1. The zero-order valence-electron chi connectivity index (χ0n) is 12.5. The molecular formula is C15H23N3O2S. The molecular weight excluding hydrogens is 286 g/mol. The molecule has 5 nitrogen and oxygen atoms in total. The van der Waals surface area contributed by atoms with Crippen molar-refractivity contribution in [2.24, 2.45) is 0 Å². The predicted octanol–water partition coefficient (Wildman–Crippen LogP) is 0.527. The summed E-state index contributed by atoms with van der Waals surface area (Å²) in [6.07, 6.45) is 0.917. The van der Waals surface area contributed by atoms with Crippen LogP contribution in [0.15, 0.2) is 29.2 Å². The van der Waals surface area contributed by atoms with Crippen LogP contribution in [0.4, 0.5) is 0 Å². The van der Waals surface area contributed by atoms with Crippen molar-refractivity contribution in [1.82, 2.24) is 14.5 Å². The number of aryl methyl sites for hydroxylation is 1. The molecule has 1 atom stereocenters. The van der Waals surface area contributed by atoms with Gasteiger partial charge in [-0.15, -0.1) is 0 Å². The number of rotatable bonds is 5. The summed E-state index contributed by atoms with van der Waals surface area (Å²) in [5.41, 5.74) is 1.15. The van der Waals surface area contributed by atoms with Crippen molar-refractivity contribution in [1.29, 1.82) is 0 Å². The minimum absolute atomic E-state index is 0.303. The first-order valence-corrected chi connectivity index (χ1v) is 9.12. The van der Waals surface area contributed by atoms with Gasteiger partial charge in [0.2, 0.25) is 10.0 Å². The minimum atomic E-state index is -3.40. The average molecular weight is 309 g/mol. The first-order chi connectivity index (χ1) is 10.1. The standard InChI is InChI=1S/C15H23N3O2S/c1-2-13-3-5-15(6-4-13)21(19,20)16-11-14-12-17-7-9-18(14)10-8-17/h3-6,14,16H,2,7-12H2,1H3. The first-order valence-electron chi connectivity index (χ1n) is 7.63. The summed E-state index contributed by atoms with van der Waals surface area (Å²) in [4.78, 5) is 5.16. The van der Waals surface area contributed by atoms with Gasteiger partial charge in [-0.2, -0.15) is 0 Å². The lowest BCUT2D eigenvalue weighted by molar-refractivity contribution is 0.0158. The van der Waals surface area contributed by atoms with Crippen LogP contribution in [0.2, 0.25) is 0 Å². The Bertz CT molecular complexity index is 577. The van der Waals surface area contributed by atoms with Crippen LogP contribution in [0.1, 0.15) is 12.5 Å². The Hall–Kier alpha value is -0.950. The highest BCUT2D eigenvalue weighted by Gasteiger charge is 2.32. The van der Waals surface area contributed by atoms with E-state index in [-0.39, 0.29) is 0 Å². The molecule has 0 spiro atoms. The van der Waals surface area contributed by atoms with Gasteiger partial charge in [0.15, 0.2) is 0 Å². The average Bonchev–Trinajstić information content (AvgIpc) is 2.54. The van der Waals surface area contributed by atoms with E-state index in [0.717, 1.165) is 44.7 Å². The highest BCUT2D eigenvalue weighted by molar-refractivity contribution is 7.89. The molecule has 116 valence electrons. The van der Waals surface area contributed by atoms with Gasteiger partial charge in [-0.1, -0.05) is 19.1 Å². The fourth-order valence-corrected chi connectivity index (χ4v) is 4.18. The number of hydrogen-bond acceptors (Lipinski definition) is 4. The Balaban J connectivity index is 1.63. The van der Waals surface area contributed by atoms with Crippen molar-refractivity contribution in [3.8, 4) is 0 Å². The van der Waals surface area contributed by atoms with Gasteiger partial charge in [-0.05, 0) is 24.1 Å². The smallest absolute Gasteiger partial charge is 0.240 e. The highest BCUT2D eigenvalue weighted by atomic mass is 32.2. The molecule has 1 aromatic carbocycles. The lowest BCUT2D eigenvalue weighted by Gasteiger charge is -2.47. The molecule has 0 aliphatic carbocycles. The van der Waals surface area contributed by atoms with Gasteiger partial charge in [-0.25, -0.2) is 13.1 Å². The maximum absolute atomic E-state index is 12.3. The molecule has 3 saturated heterocycles. The van der Waals surface area contributed by atoms with Gasteiger partial charge in [0, 0.05) is 45.3 Å². The molecule has 1 N–H and O–H groups in total. The Morgan fingerprint density at radius 2 is 1.81 bits per heavy atom. The zero-order chi connectivity index (χ0) is 14.9. The molecule has 0 amide bonds. The third kappa shape index (κ3) is 3.29. The van der Waals surface area contributed by atoms with Crippen molar-refractivity contribution in [2.45, 2.75) is 24.3 Å². The van der Waals surface area contributed by atoms with E-state index in [0.29, 0.717) is 17.5 Å². The van der Waals surface area contributed by atoms with Gasteiger partial charge in [0.05, 0.1) is 4.90 Å². The second kappa shape index (κ2) is 6.04. The Kier molecular flexibility index (Phi) is 4.31. The zero-order valence-corrected chi connectivity index (χ0v) is 13.3. The molecule has 6 heteroatoms. The Morgan fingerprint density at radius 1 is 1.14 bits per heavy atom. The third-order valence-electron chi connectivity index (χ3n) is 4.54. The number of nitrogens with one attached hydrogen (secondary N) is 1. The number of sulfonamides is 1. The summed E-state index contributed by atoms with van der Waals surface area (Å²) < 4.78 is 27.4. The fraction of sp³-hybridized carbons (Fsp3) is 0.600. The molecule has 1 unspecified atom stereocenters. The Morgan fingerprint density at radius 3 is 2.33 bits per heavy atom. The van der Waals surface area contributed by atoms with Crippen LogP contribution in [0.25, 0.3) is 0 Å². The van der Waals surface area contributed by atoms with Crippen molar-refractivity contribution >= 4 is 10.0 Å². The summed E-state index contributed by atoms with van der Waals surface area (Å²) >= 11 is 0. The molecule has 4 rings (SSSR count). The third-order valence-corrected chi connectivity index (χ3v) is 5.98. The lowest BCUT2D eigenvalue weighted by Crippen LogP contribution is -2.63. The van der Waals surface area contributed by atoms with Crippen LogP contribution < -0.4 is 4.72 Å². The maximum Gasteiger partial charge on any atom is 0.240 e. The van der Waals surface area contributed by atoms with Crippen LogP contribution in [0.3, 0.4) is 0 Å². The summed E-state index contributed by atoms with van der Waals surface area (Å²) in [7, 11) is -3.40. The monoisotopic (exact) mass is 309 g/mol. The largest absolute Gasteiger partial charge is 0.299 e. The van der Waals surface area contributed by atoms with Crippen molar-refractivity contribution in [3.63, 3.8) is 0 Å². The molecule has 0 radical (unpaired) electrons. The predicted molar refractivity (Wildman–Crippen MR) is 82.8 cm³/mol. The van der Waals surface area contributed by atoms with Gasteiger partial charge in [-0.3, -0.25) is 9.80 Å². The lowest BCUT2D eigenvalue weighted by atomic mass is 10.1. The second-order valence-corrected chi connectivity index (χ2v) is 7.61. The number of nitrogens with zero attached hydrogens (tertiary/aromatic N) is 2. The van der Waals surface area contributed by atoms with Gasteiger partial charge in [0.1, 0.15) is 0 Å². The van der Waals surface area contributed by atoms with E-state index < -0.39 is 10.0 Å². The van der Waals surface area contributed by atoms with Crippen molar-refractivity contribution in [2.75, 3.05) is 39.3 Å². The summed E-state index contributed by atoms with van der Waals surface area (Å²) in [5.74, 6) is 0. The minimum Gasteiger partial charge on any atom is -0.299 e. The van der Waals surface area contributed by atoms with Crippen LogP contribution in [0.5, 0.6) is 0 Å². The molecule has 3 heterocycles. The number of hydrogen-bond donors (Lipinski definition) is 1. The molecule has 3 aliphatic rings. The molecule has 0 aromatic heterocycles. The first kappa shape index (κ1) is 15.0. The molecule has 3 aliphatic heterocycles. The van der Waals surface area contributed by atoms with E-state index in [1.807, 2.05) is 12.1 Å². The number of fused-ring (bicyclic) bond motifs is 3. The van der Waals surface area contributed by atoms with Crippen LogP contribution in [-0.4, -0.2) is 63.5 Å². The Labute approximate surface area is 127 Å². The fourth-order valence-electron chi connectivity index (χ4n) is 3.11. The molecule has 1 aromatic rings. The van der Waals surface area contributed by atoms with Gasteiger partial charge in [0.25, 0.3) is 0 Å². The van der Waals surface area contributed by atoms with Gasteiger partial charge < -0.3 is 0 Å². The molecule has 0 saturated carbocycles. The summed E-state index contributed by atoms with van der Waals surface area (Å²) in [5, 5.41) is 0. The van der Waals surface area contributed by atoms with E-state index in [4.69, 9.17) is 0 Å². The number of piperazine rings is 3. The molecule has 21 heavy (non-hydrogen) atoms. The van der Waals surface area contributed by atoms with E-state index in [9.17, 15) is 8.42 Å². The van der Waals surface area contributed by atoms with E-state index in [1.54, 1.807) is 12.1 Å². The van der Waals surface area contributed by atoms with Crippen molar-refractivity contribution in [3.05, 3.63) is 29.8 Å². The second-order valence-electron chi connectivity index (χ2n) is 5.84. The molecule has 3 fully saturated rings. The quantitative estimate of drug-likeness (QED) is 0.862. The van der Waals surface area contributed by atoms with Crippen LogP contribution in [-0.2, 0) is 16.4 Å². The van der Waals surface area contributed by atoms with Gasteiger partial charge >= 0.3 is 0 Å². The highest BCUT2D eigenvalue weighted by Crippen LogP contribution is 2.16. The van der Waals surface area contributed by atoms with Crippen LogP contribution >= 0.6 is 0 Å². The SMILES string of the molecule is CCc1ccc(S(=O)(=O)NCC2CN3CCN2CC3)cc1.